The summed E-state index contributed by atoms with van der Waals surface area (Å²) in [5, 5.41) is 3.00. The summed E-state index contributed by atoms with van der Waals surface area (Å²) in [5.41, 5.74) is 0.484. The van der Waals surface area contributed by atoms with Gasteiger partial charge in [-0.15, -0.1) is 0 Å². The van der Waals surface area contributed by atoms with Crippen molar-refractivity contribution in [1.82, 2.24) is 5.32 Å². The molecule has 0 radical (unpaired) electrons. The Kier molecular flexibility index (Phi) is 5.17. The van der Waals surface area contributed by atoms with Crippen molar-refractivity contribution in [2.75, 3.05) is 26.4 Å². The zero-order valence-electron chi connectivity index (χ0n) is 11.4. The first-order valence-corrected chi connectivity index (χ1v) is 6.65. The Bertz CT molecular complexity index is 478. The number of esters is 1. The lowest BCUT2D eigenvalue weighted by Gasteiger charge is -2.19. The van der Waals surface area contributed by atoms with Crippen LogP contribution in [0.3, 0.4) is 0 Å². The molecule has 0 aliphatic carbocycles. The van der Waals surface area contributed by atoms with Crippen molar-refractivity contribution in [2.24, 2.45) is 0 Å². The van der Waals surface area contributed by atoms with Crippen LogP contribution in [-0.4, -0.2) is 32.3 Å². The summed E-state index contributed by atoms with van der Waals surface area (Å²) in [6, 6.07) is 2.96. The fourth-order valence-electron chi connectivity index (χ4n) is 1.89. The van der Waals surface area contributed by atoms with E-state index in [1.807, 2.05) is 0 Å². The van der Waals surface area contributed by atoms with Crippen molar-refractivity contribution in [3.8, 4) is 11.5 Å². The first-order valence-electron chi connectivity index (χ1n) is 6.65. The van der Waals surface area contributed by atoms with E-state index in [2.05, 4.69) is 5.32 Å². The molecule has 1 N–H and O–H groups in total. The number of ether oxygens (including phenoxy) is 3. The summed E-state index contributed by atoms with van der Waals surface area (Å²) < 4.78 is 29.3. The number of carbonyl (C=O) groups is 1. The zero-order valence-corrected chi connectivity index (χ0v) is 11.4. The molecule has 1 aliphatic heterocycles. The van der Waals surface area contributed by atoms with Gasteiger partial charge >= 0.3 is 5.97 Å². The highest BCUT2D eigenvalue weighted by molar-refractivity contribution is 5.69. The number of nitrogens with one attached hydrogen (secondary N) is 1. The second-order valence-electron chi connectivity index (χ2n) is 4.32. The van der Waals surface area contributed by atoms with Crippen LogP contribution in [0.15, 0.2) is 12.1 Å². The minimum absolute atomic E-state index is 0.261. The van der Waals surface area contributed by atoms with Gasteiger partial charge in [0.2, 0.25) is 0 Å². The average molecular weight is 283 g/mol. The smallest absolute Gasteiger partial charge is 0.307 e. The summed E-state index contributed by atoms with van der Waals surface area (Å²) in [4.78, 5) is 11.1. The number of rotatable bonds is 6. The van der Waals surface area contributed by atoms with Gasteiger partial charge in [-0.05, 0) is 13.0 Å². The number of benzene rings is 1. The fourth-order valence-corrected chi connectivity index (χ4v) is 1.89. The Labute approximate surface area is 117 Å². The van der Waals surface area contributed by atoms with E-state index < -0.39 is 0 Å². The summed E-state index contributed by atoms with van der Waals surface area (Å²) in [6.07, 6.45) is 0.264. The van der Waals surface area contributed by atoms with Crippen molar-refractivity contribution in [1.29, 1.82) is 0 Å². The van der Waals surface area contributed by atoms with Crippen molar-refractivity contribution < 1.29 is 23.4 Å². The van der Waals surface area contributed by atoms with Gasteiger partial charge in [-0.3, -0.25) is 4.79 Å². The number of hydrogen-bond acceptors (Lipinski definition) is 5. The maximum Gasteiger partial charge on any atom is 0.307 e. The van der Waals surface area contributed by atoms with Crippen LogP contribution in [0, 0.1) is 5.82 Å². The van der Waals surface area contributed by atoms with E-state index in [-0.39, 0.29) is 18.2 Å². The molecule has 0 spiro atoms. The molecule has 1 aliphatic rings. The second kappa shape index (κ2) is 7.09. The van der Waals surface area contributed by atoms with Gasteiger partial charge in [0.15, 0.2) is 11.5 Å². The van der Waals surface area contributed by atoms with E-state index in [4.69, 9.17) is 14.2 Å². The highest BCUT2D eigenvalue weighted by Gasteiger charge is 2.15. The third kappa shape index (κ3) is 3.84. The molecule has 1 aromatic rings. The van der Waals surface area contributed by atoms with Crippen molar-refractivity contribution in [3.05, 3.63) is 23.5 Å². The molecule has 2 rings (SSSR count). The van der Waals surface area contributed by atoms with E-state index in [0.717, 1.165) is 0 Å². The Balaban J connectivity index is 1.85. The minimum atomic E-state index is -0.349. The number of halogens is 1. The van der Waals surface area contributed by atoms with Crippen LogP contribution in [0.25, 0.3) is 0 Å². The standard InChI is InChI=1S/C14H18FNO4/c1-2-18-14(17)3-4-16-9-10-7-12-13(8-11(10)15)20-6-5-19-12/h7-8,16H,2-6,9H2,1H3. The van der Waals surface area contributed by atoms with E-state index in [0.29, 0.717) is 50.0 Å². The maximum atomic E-state index is 13.8. The van der Waals surface area contributed by atoms with Crippen molar-refractivity contribution >= 4 is 5.97 Å². The molecule has 0 saturated carbocycles. The van der Waals surface area contributed by atoms with Gasteiger partial charge < -0.3 is 19.5 Å². The molecular weight excluding hydrogens is 265 g/mol. The van der Waals surface area contributed by atoms with Gasteiger partial charge in [-0.2, -0.15) is 0 Å². The Hall–Kier alpha value is -1.82. The molecule has 0 unspecified atom stereocenters. The summed E-state index contributed by atoms with van der Waals surface area (Å²) >= 11 is 0. The maximum absolute atomic E-state index is 13.8. The number of fused-ring (bicyclic) bond motifs is 1. The normalized spacial score (nSPS) is 13.1. The van der Waals surface area contributed by atoms with E-state index >= 15 is 0 Å². The first-order chi connectivity index (χ1) is 9.70. The van der Waals surface area contributed by atoms with Crippen LogP contribution in [0.1, 0.15) is 18.9 Å². The predicted octanol–water partition coefficient (Wildman–Crippen LogP) is 1.64. The first kappa shape index (κ1) is 14.6. The van der Waals surface area contributed by atoms with Crippen molar-refractivity contribution in [3.63, 3.8) is 0 Å². The molecule has 20 heavy (non-hydrogen) atoms. The molecule has 0 atom stereocenters. The van der Waals surface area contributed by atoms with E-state index in [1.54, 1.807) is 13.0 Å². The van der Waals surface area contributed by atoms with Crippen LogP contribution in [0.4, 0.5) is 4.39 Å². The quantitative estimate of drug-likeness (QED) is 0.635. The van der Waals surface area contributed by atoms with E-state index in [1.165, 1.54) is 6.07 Å². The van der Waals surface area contributed by atoms with Crippen molar-refractivity contribution in [2.45, 2.75) is 19.9 Å². The number of carbonyl (C=O) groups excluding carboxylic acids is 1. The summed E-state index contributed by atoms with van der Waals surface area (Å²) in [6.45, 7) is 3.79. The highest BCUT2D eigenvalue weighted by Crippen LogP contribution is 2.32. The molecule has 0 saturated heterocycles. The van der Waals surface area contributed by atoms with Gasteiger partial charge in [-0.1, -0.05) is 0 Å². The Morgan fingerprint density at radius 3 is 2.75 bits per heavy atom. The van der Waals surface area contributed by atoms with Crippen LogP contribution >= 0.6 is 0 Å². The molecule has 1 heterocycles. The largest absolute Gasteiger partial charge is 0.486 e. The topological polar surface area (TPSA) is 56.8 Å². The lowest BCUT2D eigenvalue weighted by atomic mass is 10.1. The summed E-state index contributed by atoms with van der Waals surface area (Å²) in [5.74, 6) is 0.379. The van der Waals surface area contributed by atoms with Crippen LogP contribution in [-0.2, 0) is 16.1 Å². The molecule has 0 aromatic heterocycles. The van der Waals surface area contributed by atoms with Gasteiger partial charge in [0, 0.05) is 24.7 Å². The van der Waals surface area contributed by atoms with Gasteiger partial charge in [0.25, 0.3) is 0 Å². The van der Waals surface area contributed by atoms with Gasteiger partial charge in [0.1, 0.15) is 19.0 Å². The van der Waals surface area contributed by atoms with Gasteiger partial charge in [-0.25, -0.2) is 4.39 Å². The second-order valence-corrected chi connectivity index (χ2v) is 4.32. The third-order valence-corrected chi connectivity index (χ3v) is 2.84. The monoisotopic (exact) mass is 283 g/mol. The molecular formula is C14H18FNO4. The molecule has 0 fully saturated rings. The van der Waals surface area contributed by atoms with Crippen LogP contribution in [0.2, 0.25) is 0 Å². The molecule has 0 amide bonds. The molecule has 1 aromatic carbocycles. The molecule has 0 bridgehead atoms. The SMILES string of the molecule is CCOC(=O)CCNCc1cc2c(cc1F)OCCO2. The zero-order chi connectivity index (χ0) is 14.4. The van der Waals surface area contributed by atoms with Gasteiger partial charge in [0.05, 0.1) is 13.0 Å². The Morgan fingerprint density at radius 1 is 1.35 bits per heavy atom. The van der Waals surface area contributed by atoms with Crippen LogP contribution in [0.5, 0.6) is 11.5 Å². The third-order valence-electron chi connectivity index (χ3n) is 2.84. The van der Waals surface area contributed by atoms with E-state index in [9.17, 15) is 9.18 Å². The van der Waals surface area contributed by atoms with Crippen LogP contribution < -0.4 is 14.8 Å². The number of hydrogen-bond donors (Lipinski definition) is 1. The molecule has 110 valence electrons. The average Bonchev–Trinajstić information content (AvgIpc) is 2.44. The minimum Gasteiger partial charge on any atom is -0.486 e. The lowest BCUT2D eigenvalue weighted by Crippen LogP contribution is -2.20. The molecule has 5 nitrogen and oxygen atoms in total. The Morgan fingerprint density at radius 2 is 2.05 bits per heavy atom. The fraction of sp³-hybridized carbons (Fsp3) is 0.500. The highest BCUT2D eigenvalue weighted by atomic mass is 19.1. The lowest BCUT2D eigenvalue weighted by molar-refractivity contribution is -0.142. The molecule has 6 heteroatoms. The summed E-state index contributed by atoms with van der Waals surface area (Å²) in [7, 11) is 0. The predicted molar refractivity (Wildman–Crippen MR) is 70.3 cm³/mol.